The van der Waals surface area contributed by atoms with E-state index in [1.807, 2.05) is 0 Å². The molecule has 5 nitrogen and oxygen atoms in total. The zero-order valence-corrected chi connectivity index (χ0v) is 14.2. The minimum Gasteiger partial charge on any atom is -0.469 e. The van der Waals surface area contributed by atoms with Crippen LogP contribution < -0.4 is 0 Å². The highest BCUT2D eigenvalue weighted by atomic mass is 16.5. The van der Waals surface area contributed by atoms with E-state index in [4.69, 9.17) is 4.74 Å². The van der Waals surface area contributed by atoms with E-state index in [9.17, 15) is 14.7 Å². The molecule has 128 valence electrons. The average Bonchev–Trinajstić information content (AvgIpc) is 2.51. The van der Waals surface area contributed by atoms with Gasteiger partial charge in [-0.25, -0.2) is 0 Å². The van der Waals surface area contributed by atoms with Crippen LogP contribution >= 0.6 is 0 Å². The first kappa shape index (κ1) is 18.9. The van der Waals surface area contributed by atoms with Gasteiger partial charge in [0, 0.05) is 19.5 Å². The van der Waals surface area contributed by atoms with Gasteiger partial charge in [-0.2, -0.15) is 0 Å². The molecule has 0 aromatic carbocycles. The van der Waals surface area contributed by atoms with Crippen LogP contribution in [0.15, 0.2) is 0 Å². The summed E-state index contributed by atoms with van der Waals surface area (Å²) in [6.45, 7) is 3.98. The second-order valence-corrected chi connectivity index (χ2v) is 6.61. The summed E-state index contributed by atoms with van der Waals surface area (Å²) in [6, 6.07) is 0. The van der Waals surface area contributed by atoms with Crippen molar-refractivity contribution in [1.82, 2.24) is 4.90 Å². The maximum absolute atomic E-state index is 12.4. The molecule has 1 amide bonds. The Morgan fingerprint density at radius 1 is 1.18 bits per heavy atom. The Hall–Kier alpha value is -1.10. The maximum Gasteiger partial charge on any atom is 0.310 e. The first-order chi connectivity index (χ1) is 10.4. The summed E-state index contributed by atoms with van der Waals surface area (Å²) < 4.78 is 4.71. The van der Waals surface area contributed by atoms with Crippen molar-refractivity contribution in [2.24, 2.45) is 11.8 Å². The number of aliphatic hydroxyl groups is 1. The van der Waals surface area contributed by atoms with E-state index in [0.29, 0.717) is 18.9 Å². The van der Waals surface area contributed by atoms with Gasteiger partial charge in [0.15, 0.2) is 0 Å². The van der Waals surface area contributed by atoms with Crippen LogP contribution in [0.3, 0.4) is 0 Å². The fraction of sp³-hybridized carbons (Fsp3) is 0.882. The molecule has 0 saturated heterocycles. The highest BCUT2D eigenvalue weighted by Crippen LogP contribution is 2.27. The monoisotopic (exact) mass is 313 g/mol. The van der Waals surface area contributed by atoms with E-state index in [1.54, 1.807) is 18.7 Å². The molecule has 1 N–H and O–H groups in total. The number of hydrogen-bond acceptors (Lipinski definition) is 4. The Kier molecular flexibility index (Phi) is 8.46. The molecule has 22 heavy (non-hydrogen) atoms. The Balaban J connectivity index is 2.49. The zero-order valence-electron chi connectivity index (χ0n) is 14.2. The van der Waals surface area contributed by atoms with Crippen molar-refractivity contribution in [3.8, 4) is 0 Å². The summed E-state index contributed by atoms with van der Waals surface area (Å²) in [5.74, 6) is -0.00980. The van der Waals surface area contributed by atoms with Gasteiger partial charge in [-0.1, -0.05) is 39.0 Å². The van der Waals surface area contributed by atoms with E-state index in [0.717, 1.165) is 6.42 Å². The van der Waals surface area contributed by atoms with Gasteiger partial charge in [-0.3, -0.25) is 9.59 Å². The van der Waals surface area contributed by atoms with Gasteiger partial charge in [-0.05, 0) is 19.3 Å². The van der Waals surface area contributed by atoms with Gasteiger partial charge in [0.25, 0.3) is 0 Å². The van der Waals surface area contributed by atoms with Crippen LogP contribution in [0.5, 0.6) is 0 Å². The van der Waals surface area contributed by atoms with Gasteiger partial charge in [0.1, 0.15) is 0 Å². The third kappa shape index (κ3) is 6.77. The van der Waals surface area contributed by atoms with Crippen LogP contribution in [0.2, 0.25) is 0 Å². The predicted octanol–water partition coefficient (Wildman–Crippen LogP) is 2.37. The smallest absolute Gasteiger partial charge is 0.310 e. The second kappa shape index (κ2) is 9.82. The van der Waals surface area contributed by atoms with Crippen LogP contribution in [0, 0.1) is 11.8 Å². The summed E-state index contributed by atoms with van der Waals surface area (Å²) >= 11 is 0. The normalized spacial score (nSPS) is 18.5. The summed E-state index contributed by atoms with van der Waals surface area (Å²) in [4.78, 5) is 25.6. The summed E-state index contributed by atoms with van der Waals surface area (Å²) in [5.41, 5.74) is 0. The standard InChI is InChI=1S/C17H31NO4/c1-13(17(21)22-3)11-18(12-14(2)19)16(20)10-9-15-7-5-4-6-8-15/h13-15,19H,4-12H2,1-3H3. The van der Waals surface area contributed by atoms with Crippen molar-refractivity contribution in [2.75, 3.05) is 20.2 Å². The molecule has 0 heterocycles. The van der Waals surface area contributed by atoms with Crippen LogP contribution in [0.1, 0.15) is 58.8 Å². The highest BCUT2D eigenvalue weighted by molar-refractivity contribution is 5.78. The molecule has 2 atom stereocenters. The number of carbonyl (C=O) groups is 2. The molecule has 1 aliphatic carbocycles. The Morgan fingerprint density at radius 2 is 1.82 bits per heavy atom. The Bertz CT molecular complexity index is 351. The lowest BCUT2D eigenvalue weighted by Crippen LogP contribution is -2.41. The number of esters is 1. The van der Waals surface area contributed by atoms with Gasteiger partial charge in [0.2, 0.25) is 5.91 Å². The first-order valence-corrected chi connectivity index (χ1v) is 8.47. The topological polar surface area (TPSA) is 66.8 Å². The van der Waals surface area contributed by atoms with Crippen molar-refractivity contribution in [3.63, 3.8) is 0 Å². The first-order valence-electron chi connectivity index (χ1n) is 8.47. The van der Waals surface area contributed by atoms with E-state index in [-0.39, 0.29) is 24.3 Å². The lowest BCUT2D eigenvalue weighted by atomic mass is 9.86. The summed E-state index contributed by atoms with van der Waals surface area (Å²) in [5, 5.41) is 9.59. The summed E-state index contributed by atoms with van der Waals surface area (Å²) in [7, 11) is 1.35. The predicted molar refractivity (Wildman–Crippen MR) is 85.2 cm³/mol. The molecule has 0 spiro atoms. The molecular weight excluding hydrogens is 282 g/mol. The lowest BCUT2D eigenvalue weighted by Gasteiger charge is -2.28. The Morgan fingerprint density at radius 3 is 2.36 bits per heavy atom. The average molecular weight is 313 g/mol. The molecule has 0 radical (unpaired) electrons. The van der Waals surface area contributed by atoms with Gasteiger partial charge in [-0.15, -0.1) is 0 Å². The van der Waals surface area contributed by atoms with Crippen molar-refractivity contribution in [2.45, 2.75) is 64.9 Å². The number of hydrogen-bond donors (Lipinski definition) is 1. The maximum atomic E-state index is 12.4. The van der Waals surface area contributed by atoms with Crippen LogP contribution in [-0.4, -0.2) is 48.2 Å². The third-order valence-electron chi connectivity index (χ3n) is 4.43. The number of aliphatic hydroxyl groups excluding tert-OH is 1. The van der Waals surface area contributed by atoms with Crippen molar-refractivity contribution >= 4 is 11.9 Å². The summed E-state index contributed by atoms with van der Waals surface area (Å²) in [6.07, 6.45) is 7.14. The minimum atomic E-state index is -0.594. The zero-order chi connectivity index (χ0) is 16.5. The minimum absolute atomic E-state index is 0.0298. The molecular formula is C17H31NO4. The van der Waals surface area contributed by atoms with Crippen LogP contribution in [0.4, 0.5) is 0 Å². The molecule has 1 aliphatic rings. The lowest BCUT2D eigenvalue weighted by molar-refractivity contribution is -0.146. The van der Waals surface area contributed by atoms with Crippen molar-refractivity contribution in [3.05, 3.63) is 0 Å². The quantitative estimate of drug-likeness (QED) is 0.699. The molecule has 0 aromatic rings. The van der Waals surface area contributed by atoms with E-state index in [2.05, 4.69) is 0 Å². The molecule has 0 bridgehead atoms. The molecule has 1 saturated carbocycles. The highest BCUT2D eigenvalue weighted by Gasteiger charge is 2.23. The number of amides is 1. The van der Waals surface area contributed by atoms with Gasteiger partial charge >= 0.3 is 5.97 Å². The van der Waals surface area contributed by atoms with Gasteiger partial charge in [0.05, 0.1) is 19.1 Å². The van der Waals surface area contributed by atoms with Crippen LogP contribution in [-0.2, 0) is 14.3 Å². The molecule has 0 aromatic heterocycles. The number of ether oxygens (including phenoxy) is 1. The number of methoxy groups -OCH3 is 1. The van der Waals surface area contributed by atoms with Crippen molar-refractivity contribution < 1.29 is 19.4 Å². The van der Waals surface area contributed by atoms with Gasteiger partial charge < -0.3 is 14.7 Å². The van der Waals surface area contributed by atoms with E-state index in [1.165, 1.54) is 39.2 Å². The number of rotatable bonds is 8. The molecule has 5 heteroatoms. The third-order valence-corrected chi connectivity index (χ3v) is 4.43. The molecule has 2 unspecified atom stereocenters. The Labute approximate surface area is 134 Å². The van der Waals surface area contributed by atoms with E-state index >= 15 is 0 Å². The molecule has 1 fully saturated rings. The fourth-order valence-corrected chi connectivity index (χ4v) is 3.16. The van der Waals surface area contributed by atoms with Crippen LogP contribution in [0.25, 0.3) is 0 Å². The van der Waals surface area contributed by atoms with E-state index < -0.39 is 6.10 Å². The largest absolute Gasteiger partial charge is 0.469 e. The SMILES string of the molecule is COC(=O)C(C)CN(CC(C)O)C(=O)CCC1CCCCC1. The second-order valence-electron chi connectivity index (χ2n) is 6.61. The number of nitrogens with zero attached hydrogens (tertiary/aromatic N) is 1. The molecule has 1 rings (SSSR count). The number of carbonyl (C=O) groups excluding carboxylic acids is 2. The van der Waals surface area contributed by atoms with Crippen molar-refractivity contribution in [1.29, 1.82) is 0 Å². The molecule has 0 aliphatic heterocycles. The fourth-order valence-electron chi connectivity index (χ4n) is 3.16.